The fourth-order valence-electron chi connectivity index (χ4n) is 1.27. The second kappa shape index (κ2) is 2.91. The fourth-order valence-corrected chi connectivity index (χ4v) is 2.03. The summed E-state index contributed by atoms with van der Waals surface area (Å²) in [6, 6.07) is 0. The molecule has 0 unspecified atom stereocenters. The zero-order valence-corrected chi connectivity index (χ0v) is 7.85. The molecule has 0 bridgehead atoms. The summed E-state index contributed by atoms with van der Waals surface area (Å²) in [6.07, 6.45) is 6.80. The van der Waals surface area contributed by atoms with Gasteiger partial charge in [-0.2, -0.15) is 5.11 Å². The maximum Gasteiger partial charge on any atom is 0.166 e. The number of thioether (sulfide) groups is 1. The zero-order valence-electron chi connectivity index (χ0n) is 7.03. The number of anilines is 1. The molecule has 1 aromatic rings. The third-order valence-electron chi connectivity index (χ3n) is 1.88. The highest BCUT2D eigenvalue weighted by molar-refractivity contribution is 8.02. The van der Waals surface area contributed by atoms with Crippen molar-refractivity contribution in [1.82, 2.24) is 9.97 Å². The van der Waals surface area contributed by atoms with Gasteiger partial charge in [0.25, 0.3) is 0 Å². The second-order valence-electron chi connectivity index (χ2n) is 2.69. The first kappa shape index (κ1) is 7.69. The Labute approximate surface area is 84.3 Å². The number of hydrogen-bond acceptors (Lipinski definition) is 6. The minimum atomic E-state index is 0.805. The summed E-state index contributed by atoms with van der Waals surface area (Å²) >= 11 is 1.53. The lowest BCUT2D eigenvalue weighted by atomic mass is 10.4. The maximum atomic E-state index is 4.17. The van der Waals surface area contributed by atoms with Gasteiger partial charge in [0.05, 0.1) is 18.1 Å². The molecule has 0 N–H and O–H groups in total. The Kier molecular flexibility index (Phi) is 1.60. The van der Waals surface area contributed by atoms with Crippen molar-refractivity contribution in [1.29, 1.82) is 0 Å². The number of nitrogens with zero attached hydrogens (tertiary/aromatic N) is 5. The lowest BCUT2D eigenvalue weighted by Crippen LogP contribution is -2.18. The SMILES string of the molecule is C1=CN2C(=CSc3ncncc32)N=N1. The molecule has 6 heteroatoms. The van der Waals surface area contributed by atoms with Crippen molar-refractivity contribution < 1.29 is 0 Å². The molecule has 0 aromatic carbocycles. The van der Waals surface area contributed by atoms with E-state index in [9.17, 15) is 0 Å². The molecule has 14 heavy (non-hydrogen) atoms. The van der Waals surface area contributed by atoms with Gasteiger partial charge in [0.1, 0.15) is 11.4 Å². The largest absolute Gasteiger partial charge is 0.294 e. The highest BCUT2D eigenvalue weighted by atomic mass is 32.2. The summed E-state index contributed by atoms with van der Waals surface area (Å²) in [5.74, 6) is 0.805. The second-order valence-corrected chi connectivity index (χ2v) is 3.55. The highest BCUT2D eigenvalue weighted by Gasteiger charge is 2.20. The number of rotatable bonds is 0. The van der Waals surface area contributed by atoms with Gasteiger partial charge in [-0.15, -0.1) is 5.11 Å². The van der Waals surface area contributed by atoms with Crippen LogP contribution in [-0.2, 0) is 0 Å². The summed E-state index contributed by atoms with van der Waals surface area (Å²) in [5.41, 5.74) is 0.949. The number of fused-ring (bicyclic) bond motifs is 3. The van der Waals surface area contributed by atoms with E-state index in [4.69, 9.17) is 0 Å². The first-order valence-corrected chi connectivity index (χ1v) is 4.87. The summed E-state index contributed by atoms with van der Waals surface area (Å²) in [5, 5.41) is 10.7. The van der Waals surface area contributed by atoms with Crippen molar-refractivity contribution >= 4 is 17.4 Å². The number of aromatic nitrogens is 2. The molecule has 0 fully saturated rings. The maximum absolute atomic E-state index is 4.17. The molecule has 0 saturated carbocycles. The monoisotopic (exact) mass is 203 g/mol. The number of azo groups is 1. The Morgan fingerprint density at radius 1 is 1.36 bits per heavy atom. The van der Waals surface area contributed by atoms with E-state index in [1.165, 1.54) is 11.8 Å². The Hall–Kier alpha value is -1.69. The van der Waals surface area contributed by atoms with Gasteiger partial charge in [-0.1, -0.05) is 11.8 Å². The average Bonchev–Trinajstić information content (AvgIpc) is 2.29. The predicted octanol–water partition coefficient (Wildman–Crippen LogP) is 2.12. The van der Waals surface area contributed by atoms with Crippen LogP contribution in [0.25, 0.3) is 0 Å². The molecule has 0 radical (unpaired) electrons. The molecular weight excluding hydrogens is 198 g/mol. The molecule has 0 aliphatic carbocycles. The van der Waals surface area contributed by atoms with Gasteiger partial charge >= 0.3 is 0 Å². The quantitative estimate of drug-likeness (QED) is 0.606. The first-order chi connectivity index (χ1) is 6.95. The predicted molar refractivity (Wildman–Crippen MR) is 52.4 cm³/mol. The van der Waals surface area contributed by atoms with Crippen LogP contribution in [0.5, 0.6) is 0 Å². The molecule has 68 valence electrons. The van der Waals surface area contributed by atoms with Crippen LogP contribution in [0, 0.1) is 0 Å². The van der Waals surface area contributed by atoms with Gasteiger partial charge in [-0.05, 0) is 0 Å². The van der Waals surface area contributed by atoms with Crippen LogP contribution in [0.15, 0.2) is 51.4 Å². The Morgan fingerprint density at radius 2 is 2.36 bits per heavy atom. The van der Waals surface area contributed by atoms with Crippen LogP contribution >= 0.6 is 11.8 Å². The van der Waals surface area contributed by atoms with E-state index in [1.807, 2.05) is 16.5 Å². The van der Waals surface area contributed by atoms with Crippen LogP contribution in [0.3, 0.4) is 0 Å². The highest BCUT2D eigenvalue weighted by Crippen LogP contribution is 2.37. The van der Waals surface area contributed by atoms with E-state index < -0.39 is 0 Å². The smallest absolute Gasteiger partial charge is 0.166 e. The number of hydrogen-bond donors (Lipinski definition) is 0. The van der Waals surface area contributed by atoms with E-state index >= 15 is 0 Å². The van der Waals surface area contributed by atoms with E-state index in [1.54, 1.807) is 18.7 Å². The lowest BCUT2D eigenvalue weighted by Gasteiger charge is -2.25. The van der Waals surface area contributed by atoms with Gasteiger partial charge in [0, 0.05) is 11.6 Å². The van der Waals surface area contributed by atoms with Crippen LogP contribution in [0.2, 0.25) is 0 Å². The van der Waals surface area contributed by atoms with E-state index in [-0.39, 0.29) is 0 Å². The van der Waals surface area contributed by atoms with Crippen LogP contribution in [0.4, 0.5) is 5.69 Å². The average molecular weight is 203 g/mol. The topological polar surface area (TPSA) is 53.7 Å². The molecule has 1 aromatic heterocycles. The Morgan fingerprint density at radius 3 is 3.36 bits per heavy atom. The van der Waals surface area contributed by atoms with E-state index in [2.05, 4.69) is 20.2 Å². The van der Waals surface area contributed by atoms with Gasteiger partial charge in [-0.25, -0.2) is 9.97 Å². The van der Waals surface area contributed by atoms with E-state index in [0.717, 1.165) is 16.5 Å². The van der Waals surface area contributed by atoms with Crippen LogP contribution in [-0.4, -0.2) is 9.97 Å². The first-order valence-electron chi connectivity index (χ1n) is 3.99. The lowest BCUT2D eigenvalue weighted by molar-refractivity contribution is 0.935. The van der Waals surface area contributed by atoms with Gasteiger partial charge in [0.15, 0.2) is 5.82 Å². The summed E-state index contributed by atoms with van der Waals surface area (Å²) in [4.78, 5) is 10.1. The summed E-state index contributed by atoms with van der Waals surface area (Å²) < 4.78 is 0. The normalized spacial score (nSPS) is 17.4. The zero-order chi connectivity index (χ0) is 9.38. The molecule has 3 rings (SSSR count). The van der Waals surface area contributed by atoms with Gasteiger partial charge in [0.2, 0.25) is 0 Å². The van der Waals surface area contributed by atoms with Crippen molar-refractivity contribution in [3.63, 3.8) is 0 Å². The van der Waals surface area contributed by atoms with Gasteiger partial charge in [-0.3, -0.25) is 4.90 Å². The van der Waals surface area contributed by atoms with Gasteiger partial charge < -0.3 is 0 Å². The standard InChI is InChI=1S/C8H5N5S/c1-2-13-6-3-9-5-10-8(6)14-4-7(13)12-11-1/h1-5H. The minimum absolute atomic E-state index is 0.805. The Balaban J connectivity index is 2.15. The molecule has 0 spiro atoms. The van der Waals surface area contributed by atoms with E-state index in [0.29, 0.717) is 0 Å². The summed E-state index contributed by atoms with van der Waals surface area (Å²) in [7, 11) is 0. The summed E-state index contributed by atoms with van der Waals surface area (Å²) in [6.45, 7) is 0. The van der Waals surface area contributed by atoms with Crippen molar-refractivity contribution in [3.8, 4) is 0 Å². The molecular formula is C8H5N5S. The molecule has 3 heterocycles. The third-order valence-corrected chi connectivity index (χ3v) is 2.75. The molecule has 2 aliphatic rings. The van der Waals surface area contributed by atoms with Crippen molar-refractivity contribution in [2.45, 2.75) is 5.03 Å². The molecule has 5 nitrogen and oxygen atoms in total. The Bertz CT molecular complexity index is 465. The van der Waals surface area contributed by atoms with Crippen molar-refractivity contribution in [2.75, 3.05) is 4.90 Å². The molecule has 2 aliphatic heterocycles. The molecule has 0 atom stereocenters. The van der Waals surface area contributed by atoms with Crippen LogP contribution < -0.4 is 4.90 Å². The third kappa shape index (κ3) is 1.04. The van der Waals surface area contributed by atoms with Crippen LogP contribution in [0.1, 0.15) is 0 Å². The van der Waals surface area contributed by atoms with Crippen molar-refractivity contribution in [2.24, 2.45) is 10.2 Å². The molecule has 0 amide bonds. The fraction of sp³-hybridized carbons (Fsp3) is 0. The molecule has 0 saturated heterocycles. The minimum Gasteiger partial charge on any atom is -0.294 e. The van der Waals surface area contributed by atoms with Crippen molar-refractivity contribution in [3.05, 3.63) is 36.2 Å².